The summed E-state index contributed by atoms with van der Waals surface area (Å²) < 4.78 is 30.3. The minimum absolute atomic E-state index is 0.0526. The second kappa shape index (κ2) is 6.03. The van der Waals surface area contributed by atoms with E-state index in [9.17, 15) is 8.42 Å². The van der Waals surface area contributed by atoms with Crippen LogP contribution >= 0.6 is 15.9 Å². The Morgan fingerprint density at radius 1 is 1.30 bits per heavy atom. The molecule has 23 heavy (non-hydrogen) atoms. The number of benzene rings is 1. The predicted octanol–water partition coefficient (Wildman–Crippen LogP) is 2.79. The lowest BCUT2D eigenvalue weighted by atomic mass is 9.97. The van der Waals surface area contributed by atoms with E-state index in [1.54, 1.807) is 18.7 Å². The highest BCUT2D eigenvalue weighted by Gasteiger charge is 2.43. The lowest BCUT2D eigenvalue weighted by molar-refractivity contribution is 0.487. The number of aromatic nitrogens is 2. The van der Waals surface area contributed by atoms with Crippen molar-refractivity contribution < 1.29 is 8.42 Å². The van der Waals surface area contributed by atoms with Crippen molar-refractivity contribution in [1.29, 1.82) is 0 Å². The molecule has 0 bridgehead atoms. The van der Waals surface area contributed by atoms with Crippen molar-refractivity contribution in [2.24, 2.45) is 12.5 Å². The van der Waals surface area contributed by atoms with Crippen molar-refractivity contribution in [2.45, 2.75) is 31.1 Å². The fraction of sp³-hybridized carbons (Fsp3) is 0.438. The molecular formula is C16H20BrN3O2S. The molecule has 3 rings (SSSR count). The fourth-order valence-corrected chi connectivity index (χ4v) is 4.32. The first-order valence-corrected chi connectivity index (χ1v) is 9.82. The molecule has 0 unspecified atom stereocenters. The van der Waals surface area contributed by atoms with E-state index < -0.39 is 10.0 Å². The van der Waals surface area contributed by atoms with Crippen LogP contribution < -0.4 is 4.72 Å². The van der Waals surface area contributed by atoms with Gasteiger partial charge in [-0.1, -0.05) is 28.1 Å². The van der Waals surface area contributed by atoms with Crippen molar-refractivity contribution in [1.82, 2.24) is 14.5 Å². The number of nitrogens with zero attached hydrogens (tertiary/aromatic N) is 2. The maximum absolute atomic E-state index is 12.5. The van der Waals surface area contributed by atoms with Gasteiger partial charge in [-0.3, -0.25) is 4.68 Å². The molecular weight excluding hydrogens is 378 g/mol. The van der Waals surface area contributed by atoms with Gasteiger partial charge in [0.05, 0.1) is 11.9 Å². The zero-order valence-corrected chi connectivity index (χ0v) is 15.6. The highest BCUT2D eigenvalue weighted by molar-refractivity contribution is 9.10. The first-order chi connectivity index (χ1) is 10.8. The Kier molecular flexibility index (Phi) is 4.37. The molecule has 1 saturated carbocycles. The Hall–Kier alpha value is -1.18. The Labute approximate surface area is 145 Å². The molecule has 0 aliphatic heterocycles. The predicted molar refractivity (Wildman–Crippen MR) is 92.6 cm³/mol. The first kappa shape index (κ1) is 16.7. The van der Waals surface area contributed by atoms with Crippen LogP contribution in [-0.2, 0) is 23.5 Å². The zero-order valence-electron chi connectivity index (χ0n) is 13.2. The summed E-state index contributed by atoms with van der Waals surface area (Å²) in [6.07, 6.45) is 4.41. The van der Waals surface area contributed by atoms with Crippen molar-refractivity contribution in [2.75, 3.05) is 6.54 Å². The molecule has 1 fully saturated rings. The van der Waals surface area contributed by atoms with E-state index >= 15 is 0 Å². The van der Waals surface area contributed by atoms with Crippen LogP contribution in [0.4, 0.5) is 0 Å². The first-order valence-electron chi connectivity index (χ1n) is 7.54. The van der Waals surface area contributed by atoms with E-state index in [0.717, 1.165) is 23.7 Å². The SMILES string of the molecule is Cc1c(S(=O)(=O)NCC2(Cc3ccc(Br)cc3)CC2)cnn1C. The van der Waals surface area contributed by atoms with Crippen LogP contribution in [0.15, 0.2) is 39.8 Å². The van der Waals surface area contributed by atoms with Gasteiger partial charge in [0.1, 0.15) is 4.90 Å². The third-order valence-electron chi connectivity index (χ3n) is 4.57. The van der Waals surface area contributed by atoms with Gasteiger partial charge < -0.3 is 0 Å². The number of halogens is 1. The maximum Gasteiger partial charge on any atom is 0.243 e. The van der Waals surface area contributed by atoms with E-state index in [4.69, 9.17) is 0 Å². The van der Waals surface area contributed by atoms with Crippen molar-refractivity contribution in [3.05, 3.63) is 46.2 Å². The van der Waals surface area contributed by atoms with Gasteiger partial charge in [0.15, 0.2) is 0 Å². The summed E-state index contributed by atoms with van der Waals surface area (Å²) in [7, 11) is -1.76. The molecule has 1 N–H and O–H groups in total. The Balaban J connectivity index is 1.67. The van der Waals surface area contributed by atoms with Crippen molar-refractivity contribution >= 4 is 26.0 Å². The number of nitrogens with one attached hydrogen (secondary N) is 1. The second-order valence-electron chi connectivity index (χ2n) is 6.35. The molecule has 1 aliphatic carbocycles. The fourth-order valence-electron chi connectivity index (χ4n) is 2.70. The van der Waals surface area contributed by atoms with Crippen LogP contribution in [0.5, 0.6) is 0 Å². The molecule has 5 nitrogen and oxygen atoms in total. The lowest BCUT2D eigenvalue weighted by Crippen LogP contribution is -2.31. The van der Waals surface area contributed by atoms with E-state index in [-0.39, 0.29) is 10.3 Å². The van der Waals surface area contributed by atoms with Crippen molar-refractivity contribution in [3.8, 4) is 0 Å². The minimum atomic E-state index is -3.50. The van der Waals surface area contributed by atoms with Crippen LogP contribution in [0.1, 0.15) is 24.1 Å². The second-order valence-corrected chi connectivity index (χ2v) is 9.00. The average molecular weight is 398 g/mol. The number of hydrogen-bond acceptors (Lipinski definition) is 3. The van der Waals surface area contributed by atoms with Gasteiger partial charge >= 0.3 is 0 Å². The summed E-state index contributed by atoms with van der Waals surface area (Å²) in [5, 5.41) is 4.01. The zero-order chi connectivity index (χ0) is 16.7. The van der Waals surface area contributed by atoms with Crippen LogP contribution in [0, 0.1) is 12.3 Å². The molecule has 124 valence electrons. The smallest absolute Gasteiger partial charge is 0.243 e. The number of hydrogen-bond donors (Lipinski definition) is 1. The summed E-state index contributed by atoms with van der Waals surface area (Å²) in [4.78, 5) is 0.263. The highest BCUT2D eigenvalue weighted by atomic mass is 79.9. The van der Waals surface area contributed by atoms with Gasteiger partial charge in [-0.2, -0.15) is 5.10 Å². The normalized spacial score (nSPS) is 16.5. The van der Waals surface area contributed by atoms with Crippen molar-refractivity contribution in [3.63, 3.8) is 0 Å². The Morgan fingerprint density at radius 3 is 2.48 bits per heavy atom. The van der Waals surface area contributed by atoms with Gasteiger partial charge in [0.25, 0.3) is 0 Å². The summed E-state index contributed by atoms with van der Waals surface area (Å²) in [5.74, 6) is 0. The van der Waals surface area contributed by atoms with Gasteiger partial charge in [0, 0.05) is 18.1 Å². The number of aryl methyl sites for hydroxylation is 1. The van der Waals surface area contributed by atoms with E-state index in [1.807, 2.05) is 12.1 Å². The molecule has 2 aromatic rings. The molecule has 0 spiro atoms. The quantitative estimate of drug-likeness (QED) is 0.814. The molecule has 1 heterocycles. The van der Waals surface area contributed by atoms with Gasteiger partial charge in [-0.25, -0.2) is 13.1 Å². The highest BCUT2D eigenvalue weighted by Crippen LogP contribution is 2.48. The Morgan fingerprint density at radius 2 is 1.96 bits per heavy atom. The molecule has 7 heteroatoms. The van der Waals surface area contributed by atoms with Gasteiger partial charge in [0.2, 0.25) is 10.0 Å². The van der Waals surface area contributed by atoms with Crippen LogP contribution in [0.2, 0.25) is 0 Å². The maximum atomic E-state index is 12.5. The standard InChI is InChI=1S/C16H20BrN3O2S/c1-12-15(10-18-20(12)2)23(21,22)19-11-16(7-8-16)9-13-3-5-14(17)6-4-13/h3-6,10,19H,7-9,11H2,1-2H3. The summed E-state index contributed by atoms with van der Waals surface area (Å²) in [6, 6.07) is 8.22. The summed E-state index contributed by atoms with van der Waals surface area (Å²) in [5.41, 5.74) is 1.94. The third kappa shape index (κ3) is 3.67. The lowest BCUT2D eigenvalue weighted by Gasteiger charge is -2.16. The third-order valence-corrected chi connectivity index (χ3v) is 6.60. The summed E-state index contributed by atoms with van der Waals surface area (Å²) >= 11 is 3.43. The van der Waals surface area contributed by atoms with Crippen LogP contribution in [-0.4, -0.2) is 24.7 Å². The number of sulfonamides is 1. The van der Waals surface area contributed by atoms with Gasteiger partial charge in [-0.15, -0.1) is 0 Å². The number of rotatable bonds is 6. The Bertz CT molecular complexity index is 808. The van der Waals surface area contributed by atoms with Crippen LogP contribution in [0.3, 0.4) is 0 Å². The molecule has 1 aromatic heterocycles. The minimum Gasteiger partial charge on any atom is -0.272 e. The molecule has 0 amide bonds. The monoisotopic (exact) mass is 397 g/mol. The van der Waals surface area contributed by atoms with E-state index in [1.165, 1.54) is 11.8 Å². The van der Waals surface area contributed by atoms with Gasteiger partial charge in [-0.05, 0) is 49.3 Å². The average Bonchev–Trinajstić information content (AvgIpc) is 3.19. The topological polar surface area (TPSA) is 64.0 Å². The molecule has 0 atom stereocenters. The molecule has 1 aliphatic rings. The van der Waals surface area contributed by atoms with Crippen LogP contribution in [0.25, 0.3) is 0 Å². The molecule has 0 radical (unpaired) electrons. The van der Waals surface area contributed by atoms with E-state index in [0.29, 0.717) is 12.2 Å². The molecule has 1 aromatic carbocycles. The largest absolute Gasteiger partial charge is 0.272 e. The summed E-state index contributed by atoms with van der Waals surface area (Å²) in [6.45, 7) is 2.23. The molecule has 0 saturated heterocycles. The van der Waals surface area contributed by atoms with E-state index in [2.05, 4.69) is 37.9 Å².